The summed E-state index contributed by atoms with van der Waals surface area (Å²) in [7, 11) is -4.90. The van der Waals surface area contributed by atoms with Crippen molar-refractivity contribution in [3.63, 3.8) is 0 Å². The lowest BCUT2D eigenvalue weighted by molar-refractivity contribution is -0.384. The molecule has 0 bridgehead atoms. The van der Waals surface area contributed by atoms with Crippen molar-refractivity contribution < 1.29 is 22.1 Å². The molecule has 0 atom stereocenters. The van der Waals surface area contributed by atoms with Crippen LogP contribution in [-0.4, -0.2) is 45.3 Å². The third-order valence-corrected chi connectivity index (χ3v) is 6.32. The highest BCUT2D eigenvalue weighted by Gasteiger charge is 2.30. The highest BCUT2D eigenvalue weighted by molar-refractivity contribution is 7.91. The molecule has 0 unspecified atom stereocenters. The number of nitro groups is 1. The van der Waals surface area contributed by atoms with Gasteiger partial charge in [0.15, 0.2) is 0 Å². The standard InChI is InChI=1S/C19H21F2N3O4S/c1-14-3-5-15(6-4-14)22-9-2-10-23(12-11-22)17-8-7-16(13-18(17)24(25)26)29(27,28)19(20)21/h3-8,13,19H,2,9-12H2,1H3. The summed E-state index contributed by atoms with van der Waals surface area (Å²) in [5.74, 6) is -3.63. The normalized spacial score (nSPS) is 15.4. The quantitative estimate of drug-likeness (QED) is 0.538. The van der Waals surface area contributed by atoms with Crippen LogP contribution in [0.3, 0.4) is 0 Å². The van der Waals surface area contributed by atoms with E-state index in [1.807, 2.05) is 31.2 Å². The van der Waals surface area contributed by atoms with Gasteiger partial charge in [-0.2, -0.15) is 8.78 Å². The zero-order chi connectivity index (χ0) is 21.2. The number of nitrogens with zero attached hydrogens (tertiary/aromatic N) is 3. The van der Waals surface area contributed by atoms with Gasteiger partial charge in [0.25, 0.3) is 5.69 Å². The van der Waals surface area contributed by atoms with Crippen LogP contribution < -0.4 is 9.80 Å². The summed E-state index contributed by atoms with van der Waals surface area (Å²) in [6.45, 7) is 4.41. The molecule has 0 aromatic heterocycles. The van der Waals surface area contributed by atoms with Gasteiger partial charge in [0.2, 0.25) is 9.84 Å². The Hall–Kier alpha value is -2.75. The highest BCUT2D eigenvalue weighted by Crippen LogP contribution is 2.33. The Kier molecular flexibility index (Phi) is 6.02. The summed E-state index contributed by atoms with van der Waals surface area (Å²) in [5, 5.41) is 11.5. The third kappa shape index (κ3) is 4.47. The molecular formula is C19H21F2N3O4S. The van der Waals surface area contributed by atoms with E-state index in [1.165, 1.54) is 6.07 Å². The zero-order valence-electron chi connectivity index (χ0n) is 15.8. The third-order valence-electron chi connectivity index (χ3n) is 4.94. The van der Waals surface area contributed by atoms with Crippen molar-refractivity contribution >= 4 is 26.9 Å². The SMILES string of the molecule is Cc1ccc(N2CCCN(c3ccc(S(=O)(=O)C(F)F)cc3[N+](=O)[O-])CC2)cc1. The number of rotatable bonds is 5. The second-order valence-corrected chi connectivity index (χ2v) is 8.79. The van der Waals surface area contributed by atoms with Gasteiger partial charge in [-0.25, -0.2) is 8.42 Å². The lowest BCUT2D eigenvalue weighted by Gasteiger charge is -2.25. The molecule has 0 amide bonds. The second kappa shape index (κ2) is 8.32. The number of sulfone groups is 1. The van der Waals surface area contributed by atoms with Gasteiger partial charge in [0.1, 0.15) is 5.69 Å². The van der Waals surface area contributed by atoms with Gasteiger partial charge in [-0.3, -0.25) is 10.1 Å². The average molecular weight is 425 g/mol. The predicted molar refractivity (Wildman–Crippen MR) is 107 cm³/mol. The Morgan fingerprint density at radius 3 is 2.24 bits per heavy atom. The van der Waals surface area contributed by atoms with E-state index in [2.05, 4.69) is 4.90 Å². The van der Waals surface area contributed by atoms with Gasteiger partial charge in [-0.15, -0.1) is 0 Å². The van der Waals surface area contributed by atoms with Gasteiger partial charge >= 0.3 is 5.76 Å². The van der Waals surface area contributed by atoms with Gasteiger partial charge in [-0.1, -0.05) is 17.7 Å². The molecule has 1 fully saturated rings. The highest BCUT2D eigenvalue weighted by atomic mass is 32.2. The van der Waals surface area contributed by atoms with Gasteiger partial charge in [-0.05, 0) is 37.6 Å². The average Bonchev–Trinajstić information content (AvgIpc) is 2.94. The Balaban J connectivity index is 1.86. The Labute approximate surface area is 167 Å². The van der Waals surface area contributed by atoms with E-state index in [9.17, 15) is 27.3 Å². The Morgan fingerprint density at radius 2 is 1.62 bits per heavy atom. The molecule has 1 saturated heterocycles. The van der Waals surface area contributed by atoms with Crippen LogP contribution in [0, 0.1) is 17.0 Å². The molecular weight excluding hydrogens is 404 g/mol. The Morgan fingerprint density at radius 1 is 1.00 bits per heavy atom. The maximum Gasteiger partial charge on any atom is 0.341 e. The van der Waals surface area contributed by atoms with Crippen LogP contribution in [0.4, 0.5) is 25.8 Å². The first-order chi connectivity index (χ1) is 13.7. The fourth-order valence-electron chi connectivity index (χ4n) is 3.37. The zero-order valence-corrected chi connectivity index (χ0v) is 16.6. The molecule has 2 aromatic rings. The van der Waals surface area contributed by atoms with Crippen LogP contribution in [0.25, 0.3) is 0 Å². The van der Waals surface area contributed by atoms with Crippen molar-refractivity contribution in [2.75, 3.05) is 36.0 Å². The number of aryl methyl sites for hydroxylation is 1. The van der Waals surface area contributed by atoms with Crippen molar-refractivity contribution in [3.05, 3.63) is 58.1 Å². The lowest BCUT2D eigenvalue weighted by Crippen LogP contribution is -2.31. The fourth-order valence-corrected chi connectivity index (χ4v) is 4.11. The number of anilines is 2. The molecule has 3 rings (SSSR count). The van der Waals surface area contributed by atoms with Gasteiger partial charge < -0.3 is 9.80 Å². The topological polar surface area (TPSA) is 83.8 Å². The van der Waals surface area contributed by atoms with Crippen LogP contribution in [0.1, 0.15) is 12.0 Å². The second-order valence-electron chi connectivity index (χ2n) is 6.88. The fraction of sp³-hybridized carbons (Fsp3) is 0.368. The van der Waals surface area contributed by atoms with Crippen LogP contribution in [0.15, 0.2) is 47.4 Å². The van der Waals surface area contributed by atoms with Crippen molar-refractivity contribution in [1.29, 1.82) is 0 Å². The number of nitro benzene ring substituents is 1. The van der Waals surface area contributed by atoms with Gasteiger partial charge in [0, 0.05) is 37.9 Å². The summed E-state index contributed by atoms with van der Waals surface area (Å²) in [5.41, 5.74) is 1.95. The summed E-state index contributed by atoms with van der Waals surface area (Å²) in [6.07, 6.45) is 0.738. The monoisotopic (exact) mass is 425 g/mol. The maximum atomic E-state index is 12.8. The number of benzene rings is 2. The number of hydrogen-bond acceptors (Lipinski definition) is 6. The molecule has 0 N–H and O–H groups in total. The van der Waals surface area contributed by atoms with E-state index in [0.717, 1.165) is 36.3 Å². The maximum absolute atomic E-state index is 12.8. The molecule has 0 aliphatic carbocycles. The van der Waals surface area contributed by atoms with E-state index in [0.29, 0.717) is 19.6 Å². The van der Waals surface area contributed by atoms with E-state index < -0.39 is 31.1 Å². The minimum atomic E-state index is -4.90. The first kappa shape index (κ1) is 21.0. The van der Waals surface area contributed by atoms with E-state index in [-0.39, 0.29) is 5.69 Å². The largest absolute Gasteiger partial charge is 0.370 e. The van der Waals surface area contributed by atoms with E-state index in [1.54, 1.807) is 4.90 Å². The summed E-state index contributed by atoms with van der Waals surface area (Å²) >= 11 is 0. The van der Waals surface area contributed by atoms with Crippen LogP contribution in [-0.2, 0) is 9.84 Å². The van der Waals surface area contributed by atoms with E-state index in [4.69, 9.17) is 0 Å². The smallest absolute Gasteiger partial charge is 0.341 e. The number of halogens is 2. The van der Waals surface area contributed by atoms with Crippen LogP contribution >= 0.6 is 0 Å². The van der Waals surface area contributed by atoms with Crippen molar-refractivity contribution in [2.24, 2.45) is 0 Å². The molecule has 0 radical (unpaired) electrons. The Bertz CT molecular complexity index is 997. The molecule has 1 aliphatic heterocycles. The van der Waals surface area contributed by atoms with Crippen LogP contribution in [0.2, 0.25) is 0 Å². The summed E-state index contributed by atoms with van der Waals surface area (Å²) < 4.78 is 49.0. The molecule has 156 valence electrons. The van der Waals surface area contributed by atoms with Gasteiger partial charge in [0.05, 0.1) is 9.82 Å². The number of hydrogen-bond donors (Lipinski definition) is 0. The van der Waals surface area contributed by atoms with Crippen molar-refractivity contribution in [3.8, 4) is 0 Å². The molecule has 1 aliphatic rings. The lowest BCUT2D eigenvalue weighted by atomic mass is 10.2. The summed E-state index contributed by atoms with van der Waals surface area (Å²) in [6, 6.07) is 11.1. The minimum Gasteiger partial charge on any atom is -0.370 e. The molecule has 0 spiro atoms. The molecule has 2 aromatic carbocycles. The van der Waals surface area contributed by atoms with Crippen molar-refractivity contribution in [2.45, 2.75) is 24.0 Å². The van der Waals surface area contributed by atoms with Crippen LogP contribution in [0.5, 0.6) is 0 Å². The minimum absolute atomic E-state index is 0.231. The molecule has 10 heteroatoms. The summed E-state index contributed by atoms with van der Waals surface area (Å²) in [4.78, 5) is 14.0. The molecule has 7 nitrogen and oxygen atoms in total. The van der Waals surface area contributed by atoms with Crippen molar-refractivity contribution in [1.82, 2.24) is 0 Å². The first-order valence-corrected chi connectivity index (χ1v) is 10.6. The first-order valence-electron chi connectivity index (χ1n) is 9.07. The molecule has 0 saturated carbocycles. The molecule has 29 heavy (non-hydrogen) atoms. The predicted octanol–water partition coefficient (Wildman–Crippen LogP) is 3.62. The van der Waals surface area contributed by atoms with E-state index >= 15 is 0 Å². The molecule has 1 heterocycles. The number of alkyl halides is 2.